The monoisotopic (exact) mass is 367 g/mol. The van der Waals surface area contributed by atoms with E-state index in [1.165, 1.54) is 0 Å². The van der Waals surface area contributed by atoms with Crippen molar-refractivity contribution in [3.05, 3.63) is 63.6 Å². The van der Waals surface area contributed by atoms with Crippen molar-refractivity contribution in [1.82, 2.24) is 4.72 Å². The molecule has 0 aromatic heterocycles. The summed E-state index contributed by atoms with van der Waals surface area (Å²) in [7, 11) is -3.54. The minimum absolute atomic E-state index is 0.314. The van der Waals surface area contributed by atoms with Crippen molar-refractivity contribution in [3.8, 4) is 0 Å². The van der Waals surface area contributed by atoms with Crippen LogP contribution in [0.1, 0.15) is 29.7 Å². The van der Waals surface area contributed by atoms with E-state index < -0.39 is 10.0 Å². The normalized spacial score (nSPS) is 13.1. The van der Waals surface area contributed by atoms with Gasteiger partial charge >= 0.3 is 0 Å². The molecule has 0 spiro atoms. The SMILES string of the molecule is Cc1ccc(S(=O)(=O)NC(C)c2ccccc2Br)c(C)c1. The Bertz CT molecular complexity index is 757. The van der Waals surface area contributed by atoms with Gasteiger partial charge in [-0.3, -0.25) is 0 Å². The minimum Gasteiger partial charge on any atom is -0.207 e. The molecule has 1 unspecified atom stereocenters. The van der Waals surface area contributed by atoms with E-state index in [1.807, 2.05) is 57.2 Å². The first-order valence-electron chi connectivity index (χ1n) is 6.65. The molecule has 0 radical (unpaired) electrons. The zero-order valence-corrected chi connectivity index (χ0v) is 14.6. The Morgan fingerprint density at radius 2 is 1.76 bits per heavy atom. The average molecular weight is 368 g/mol. The molecule has 0 heterocycles. The van der Waals surface area contributed by atoms with Crippen LogP contribution < -0.4 is 4.72 Å². The van der Waals surface area contributed by atoms with Gasteiger partial charge in [-0.15, -0.1) is 0 Å². The summed E-state index contributed by atoms with van der Waals surface area (Å²) >= 11 is 3.45. The zero-order chi connectivity index (χ0) is 15.6. The van der Waals surface area contributed by atoms with Gasteiger partial charge < -0.3 is 0 Å². The Morgan fingerprint density at radius 1 is 1.10 bits per heavy atom. The van der Waals surface area contributed by atoms with E-state index in [-0.39, 0.29) is 6.04 Å². The molecule has 0 fully saturated rings. The molecule has 2 rings (SSSR count). The summed E-state index contributed by atoms with van der Waals surface area (Å²) in [6.45, 7) is 5.59. The predicted molar refractivity (Wildman–Crippen MR) is 88.8 cm³/mol. The molecule has 5 heteroatoms. The highest BCUT2D eigenvalue weighted by atomic mass is 79.9. The van der Waals surface area contributed by atoms with Gasteiger partial charge in [-0.05, 0) is 44.0 Å². The van der Waals surface area contributed by atoms with Crippen molar-refractivity contribution in [2.45, 2.75) is 31.7 Å². The standard InChI is InChI=1S/C16H18BrNO2S/c1-11-8-9-16(12(2)10-11)21(19,20)18-13(3)14-6-4-5-7-15(14)17/h4-10,13,18H,1-3H3. The summed E-state index contributed by atoms with van der Waals surface area (Å²) in [4.78, 5) is 0.326. The van der Waals surface area contributed by atoms with Gasteiger partial charge in [0.05, 0.1) is 4.90 Å². The van der Waals surface area contributed by atoms with E-state index in [4.69, 9.17) is 0 Å². The van der Waals surface area contributed by atoms with Gasteiger partial charge in [0.25, 0.3) is 0 Å². The first-order chi connectivity index (χ1) is 9.81. The minimum atomic E-state index is -3.54. The maximum absolute atomic E-state index is 12.5. The maximum Gasteiger partial charge on any atom is 0.241 e. The van der Waals surface area contributed by atoms with E-state index in [1.54, 1.807) is 6.07 Å². The zero-order valence-electron chi connectivity index (χ0n) is 12.2. The topological polar surface area (TPSA) is 46.2 Å². The highest BCUT2D eigenvalue weighted by Crippen LogP contribution is 2.25. The van der Waals surface area contributed by atoms with Gasteiger partial charge in [0.15, 0.2) is 0 Å². The van der Waals surface area contributed by atoms with Crippen molar-refractivity contribution in [3.63, 3.8) is 0 Å². The molecule has 0 aliphatic carbocycles. The number of nitrogens with one attached hydrogen (secondary N) is 1. The quantitative estimate of drug-likeness (QED) is 0.883. The highest BCUT2D eigenvalue weighted by molar-refractivity contribution is 9.10. The largest absolute Gasteiger partial charge is 0.241 e. The number of aryl methyl sites for hydroxylation is 2. The molecule has 0 saturated carbocycles. The fourth-order valence-corrected chi connectivity index (χ4v) is 4.36. The van der Waals surface area contributed by atoms with Crippen LogP contribution in [0.5, 0.6) is 0 Å². The molecule has 21 heavy (non-hydrogen) atoms. The number of hydrogen-bond donors (Lipinski definition) is 1. The number of benzene rings is 2. The van der Waals surface area contributed by atoms with Crippen LogP contribution in [0.15, 0.2) is 51.8 Å². The van der Waals surface area contributed by atoms with E-state index in [0.29, 0.717) is 4.90 Å². The van der Waals surface area contributed by atoms with Gasteiger partial charge in [0.2, 0.25) is 10.0 Å². The lowest BCUT2D eigenvalue weighted by Crippen LogP contribution is -2.27. The van der Waals surface area contributed by atoms with Crippen LogP contribution in [0, 0.1) is 13.8 Å². The molecule has 0 aliphatic rings. The molecule has 2 aromatic rings. The van der Waals surface area contributed by atoms with Crippen molar-refractivity contribution in [1.29, 1.82) is 0 Å². The fourth-order valence-electron chi connectivity index (χ4n) is 2.29. The van der Waals surface area contributed by atoms with E-state index in [9.17, 15) is 8.42 Å². The number of hydrogen-bond acceptors (Lipinski definition) is 2. The van der Waals surface area contributed by atoms with E-state index >= 15 is 0 Å². The molecule has 112 valence electrons. The van der Waals surface area contributed by atoms with Crippen LogP contribution in [0.3, 0.4) is 0 Å². The summed E-state index contributed by atoms with van der Waals surface area (Å²) < 4.78 is 28.7. The Balaban J connectivity index is 2.31. The second kappa shape index (κ2) is 6.30. The van der Waals surface area contributed by atoms with Gasteiger partial charge in [-0.25, -0.2) is 13.1 Å². The summed E-state index contributed by atoms with van der Waals surface area (Å²) in [6.07, 6.45) is 0. The third-order valence-corrected chi connectivity index (χ3v) is 5.75. The Morgan fingerprint density at radius 3 is 2.38 bits per heavy atom. The summed E-state index contributed by atoms with van der Waals surface area (Å²) in [5.41, 5.74) is 2.71. The number of rotatable bonds is 4. The lowest BCUT2D eigenvalue weighted by molar-refractivity contribution is 0.566. The second-order valence-corrected chi connectivity index (χ2v) is 7.67. The first kappa shape index (κ1) is 16.2. The Hall–Kier alpha value is -1.17. The van der Waals surface area contributed by atoms with Crippen LogP contribution in [0.4, 0.5) is 0 Å². The summed E-state index contributed by atoms with van der Waals surface area (Å²) in [6, 6.07) is 12.6. The van der Waals surface area contributed by atoms with Gasteiger partial charge in [-0.1, -0.05) is 51.8 Å². The third kappa shape index (κ3) is 3.73. The van der Waals surface area contributed by atoms with Crippen molar-refractivity contribution < 1.29 is 8.42 Å². The third-order valence-electron chi connectivity index (χ3n) is 3.32. The fraction of sp³-hybridized carbons (Fsp3) is 0.250. The van der Waals surface area contributed by atoms with Crippen molar-refractivity contribution in [2.75, 3.05) is 0 Å². The summed E-state index contributed by atoms with van der Waals surface area (Å²) in [5.74, 6) is 0. The Kier molecular flexibility index (Phi) is 4.86. The van der Waals surface area contributed by atoms with Gasteiger partial charge in [-0.2, -0.15) is 0 Å². The van der Waals surface area contributed by atoms with Crippen LogP contribution in [0.25, 0.3) is 0 Å². The lowest BCUT2D eigenvalue weighted by atomic mass is 10.1. The second-order valence-electron chi connectivity index (χ2n) is 5.13. The average Bonchev–Trinajstić information content (AvgIpc) is 2.37. The van der Waals surface area contributed by atoms with E-state index in [0.717, 1.165) is 21.2 Å². The van der Waals surface area contributed by atoms with Crippen LogP contribution in [-0.4, -0.2) is 8.42 Å². The van der Waals surface area contributed by atoms with Crippen LogP contribution in [0.2, 0.25) is 0 Å². The van der Waals surface area contributed by atoms with Crippen LogP contribution in [-0.2, 0) is 10.0 Å². The molecule has 0 amide bonds. The predicted octanol–water partition coefficient (Wildman–Crippen LogP) is 4.11. The first-order valence-corrected chi connectivity index (χ1v) is 8.93. The lowest BCUT2D eigenvalue weighted by Gasteiger charge is -2.17. The van der Waals surface area contributed by atoms with Crippen molar-refractivity contribution in [2.24, 2.45) is 0 Å². The van der Waals surface area contributed by atoms with Crippen molar-refractivity contribution >= 4 is 26.0 Å². The highest BCUT2D eigenvalue weighted by Gasteiger charge is 2.21. The smallest absolute Gasteiger partial charge is 0.207 e. The molecule has 2 aromatic carbocycles. The van der Waals surface area contributed by atoms with Gasteiger partial charge in [0.1, 0.15) is 0 Å². The van der Waals surface area contributed by atoms with E-state index in [2.05, 4.69) is 20.7 Å². The molecule has 0 bridgehead atoms. The van der Waals surface area contributed by atoms with Crippen LogP contribution >= 0.6 is 15.9 Å². The molecular formula is C16H18BrNO2S. The summed E-state index contributed by atoms with van der Waals surface area (Å²) in [5, 5.41) is 0. The molecule has 0 aliphatic heterocycles. The molecule has 3 nitrogen and oxygen atoms in total. The number of sulfonamides is 1. The molecule has 1 atom stereocenters. The molecule has 1 N–H and O–H groups in total. The molecular weight excluding hydrogens is 350 g/mol. The molecule has 0 saturated heterocycles. The Labute approximate surface area is 134 Å². The maximum atomic E-state index is 12.5. The van der Waals surface area contributed by atoms with Gasteiger partial charge in [0, 0.05) is 10.5 Å². The number of halogens is 1.